The Morgan fingerprint density at radius 2 is 1.88 bits per heavy atom. The molecule has 0 atom stereocenters. The molecule has 3 aromatic rings. The number of phenolic OH excluding ortho intramolecular Hbond substituents is 1. The normalized spacial score (nSPS) is 13.8. The van der Waals surface area contributed by atoms with Crippen molar-refractivity contribution in [3.63, 3.8) is 0 Å². The summed E-state index contributed by atoms with van der Waals surface area (Å²) in [6.07, 6.45) is 1.47. The van der Waals surface area contributed by atoms with Gasteiger partial charge in [0.2, 0.25) is 17.8 Å². The number of aromatic hydroxyl groups is 1. The van der Waals surface area contributed by atoms with Crippen molar-refractivity contribution < 1.29 is 14.6 Å². The highest BCUT2D eigenvalue weighted by molar-refractivity contribution is 9.13. The lowest BCUT2D eigenvalue weighted by molar-refractivity contribution is 0.122. The third-order valence-electron chi connectivity index (χ3n) is 4.80. The Kier molecular flexibility index (Phi) is 8.14. The minimum Gasteiger partial charge on any atom is -0.504 e. The van der Waals surface area contributed by atoms with E-state index in [2.05, 4.69) is 62.7 Å². The van der Waals surface area contributed by atoms with Gasteiger partial charge in [0.05, 0.1) is 31.6 Å². The van der Waals surface area contributed by atoms with Gasteiger partial charge in [-0.25, -0.2) is 5.43 Å². The van der Waals surface area contributed by atoms with Crippen molar-refractivity contribution in [3.8, 4) is 11.5 Å². The van der Waals surface area contributed by atoms with Crippen LogP contribution in [0.5, 0.6) is 11.5 Å². The summed E-state index contributed by atoms with van der Waals surface area (Å²) in [7, 11) is 0. The zero-order chi connectivity index (χ0) is 23.9. The molecular weight excluding hydrogens is 570 g/mol. The summed E-state index contributed by atoms with van der Waals surface area (Å²) in [5.74, 6) is 1.47. The SMILES string of the molecule is CCOc1cc(Br)c(Br)c(C=NNc2nc(Nc3ccccc3)nc(N3CCOCC3)n2)c1O. The second-order valence-electron chi connectivity index (χ2n) is 7.11. The molecule has 1 fully saturated rings. The number of hydrogen-bond donors (Lipinski definition) is 3. The second-order valence-corrected chi connectivity index (χ2v) is 8.76. The van der Waals surface area contributed by atoms with Crippen molar-refractivity contribution in [1.82, 2.24) is 15.0 Å². The van der Waals surface area contributed by atoms with E-state index in [1.807, 2.05) is 42.2 Å². The number of halogens is 2. The van der Waals surface area contributed by atoms with Gasteiger partial charge in [-0.2, -0.15) is 20.1 Å². The van der Waals surface area contributed by atoms with Gasteiger partial charge in [0.1, 0.15) is 0 Å². The molecule has 1 aromatic heterocycles. The number of anilines is 4. The molecule has 0 aliphatic carbocycles. The summed E-state index contributed by atoms with van der Waals surface area (Å²) in [6, 6.07) is 11.3. The van der Waals surface area contributed by atoms with Gasteiger partial charge in [0.15, 0.2) is 11.5 Å². The molecule has 1 aliphatic rings. The van der Waals surface area contributed by atoms with Crippen LogP contribution in [0.4, 0.5) is 23.5 Å². The largest absolute Gasteiger partial charge is 0.504 e. The Morgan fingerprint density at radius 1 is 1.15 bits per heavy atom. The minimum absolute atomic E-state index is 0.0291. The van der Waals surface area contributed by atoms with E-state index in [1.165, 1.54) is 6.21 Å². The van der Waals surface area contributed by atoms with Gasteiger partial charge in [0.25, 0.3) is 0 Å². The van der Waals surface area contributed by atoms with Crippen molar-refractivity contribution in [1.29, 1.82) is 0 Å². The Bertz CT molecular complexity index is 1160. The molecule has 10 nitrogen and oxygen atoms in total. The van der Waals surface area contributed by atoms with Gasteiger partial charge in [-0.05, 0) is 57.0 Å². The number of phenols is 1. The topological polar surface area (TPSA) is 117 Å². The van der Waals surface area contributed by atoms with E-state index in [0.717, 1.165) is 10.2 Å². The molecule has 0 spiro atoms. The number of ether oxygens (including phenoxy) is 2. The molecule has 3 N–H and O–H groups in total. The molecule has 2 heterocycles. The number of aromatic nitrogens is 3. The zero-order valence-corrected chi connectivity index (χ0v) is 21.5. The molecule has 0 bridgehead atoms. The molecule has 178 valence electrons. The number of morpholine rings is 1. The third-order valence-corrected chi connectivity index (χ3v) is 6.81. The van der Waals surface area contributed by atoms with Crippen molar-refractivity contribution >= 4 is 61.6 Å². The van der Waals surface area contributed by atoms with Crippen LogP contribution in [0.1, 0.15) is 12.5 Å². The lowest BCUT2D eigenvalue weighted by atomic mass is 10.2. The highest BCUT2D eigenvalue weighted by Crippen LogP contribution is 2.39. The monoisotopic (exact) mass is 591 g/mol. The molecule has 0 unspecified atom stereocenters. The smallest absolute Gasteiger partial charge is 0.250 e. The third kappa shape index (κ3) is 5.93. The van der Waals surface area contributed by atoms with Crippen LogP contribution in [0.3, 0.4) is 0 Å². The van der Waals surface area contributed by atoms with Crippen LogP contribution in [0, 0.1) is 0 Å². The number of nitrogens with one attached hydrogen (secondary N) is 2. The standard InChI is InChI=1S/C22H23Br2N7O3/c1-2-34-17-12-16(23)18(24)15(19(17)32)13-25-30-21-27-20(26-14-6-4-3-5-7-14)28-22(29-21)31-8-10-33-11-9-31/h3-7,12-13,32H,2,8-11H2,1H3,(H2,26,27,28,29,30). The van der Waals surface area contributed by atoms with Gasteiger partial charge in [0, 0.05) is 27.7 Å². The first kappa shape index (κ1) is 24.2. The molecule has 2 aromatic carbocycles. The Hall–Kier alpha value is -2.96. The first-order valence-corrected chi connectivity index (χ1v) is 12.2. The number of para-hydroxylation sites is 1. The van der Waals surface area contributed by atoms with E-state index in [0.29, 0.717) is 60.6 Å². The van der Waals surface area contributed by atoms with Crippen molar-refractivity contribution in [2.45, 2.75) is 6.92 Å². The van der Waals surface area contributed by atoms with Crippen molar-refractivity contribution in [3.05, 3.63) is 50.9 Å². The predicted octanol–water partition coefficient (Wildman–Crippen LogP) is 4.53. The molecule has 0 saturated carbocycles. The van der Waals surface area contributed by atoms with E-state index in [9.17, 15) is 5.11 Å². The van der Waals surface area contributed by atoms with E-state index in [1.54, 1.807) is 6.07 Å². The average molecular weight is 593 g/mol. The zero-order valence-electron chi connectivity index (χ0n) is 18.3. The minimum atomic E-state index is -0.0291. The molecular formula is C22H23Br2N7O3. The maximum atomic E-state index is 10.6. The van der Waals surface area contributed by atoms with Crippen molar-refractivity contribution in [2.75, 3.05) is 48.6 Å². The van der Waals surface area contributed by atoms with Crippen LogP contribution in [-0.2, 0) is 4.74 Å². The summed E-state index contributed by atoms with van der Waals surface area (Å²) in [4.78, 5) is 15.5. The molecule has 34 heavy (non-hydrogen) atoms. The maximum Gasteiger partial charge on any atom is 0.250 e. The van der Waals surface area contributed by atoms with Crippen molar-refractivity contribution in [2.24, 2.45) is 5.10 Å². The number of benzene rings is 2. The van der Waals surface area contributed by atoms with Gasteiger partial charge in [-0.3, -0.25) is 0 Å². The fraction of sp³-hybridized carbons (Fsp3) is 0.273. The molecule has 1 saturated heterocycles. The first-order valence-electron chi connectivity index (χ1n) is 10.6. The lowest BCUT2D eigenvalue weighted by Gasteiger charge is -2.27. The molecule has 0 amide bonds. The van der Waals surface area contributed by atoms with Gasteiger partial charge < -0.3 is 24.8 Å². The summed E-state index contributed by atoms with van der Waals surface area (Å²) in [5.41, 5.74) is 4.14. The lowest BCUT2D eigenvalue weighted by Crippen LogP contribution is -2.37. The molecule has 0 radical (unpaired) electrons. The van der Waals surface area contributed by atoms with E-state index >= 15 is 0 Å². The predicted molar refractivity (Wildman–Crippen MR) is 138 cm³/mol. The van der Waals surface area contributed by atoms with Gasteiger partial charge >= 0.3 is 0 Å². The van der Waals surface area contributed by atoms with Crippen LogP contribution in [0.25, 0.3) is 0 Å². The summed E-state index contributed by atoms with van der Waals surface area (Å²) < 4.78 is 12.3. The second kappa shape index (κ2) is 11.4. The van der Waals surface area contributed by atoms with Crippen LogP contribution in [0.2, 0.25) is 0 Å². The Labute approximate surface area is 213 Å². The van der Waals surface area contributed by atoms with E-state index in [-0.39, 0.29) is 11.7 Å². The number of rotatable bonds is 8. The van der Waals surface area contributed by atoms with Crippen LogP contribution in [-0.4, -0.2) is 59.2 Å². The van der Waals surface area contributed by atoms with Crippen LogP contribution in [0.15, 0.2) is 50.4 Å². The Balaban J connectivity index is 1.61. The van der Waals surface area contributed by atoms with E-state index < -0.39 is 0 Å². The Morgan fingerprint density at radius 3 is 2.62 bits per heavy atom. The fourth-order valence-electron chi connectivity index (χ4n) is 3.18. The average Bonchev–Trinajstić information content (AvgIpc) is 2.86. The molecule has 4 rings (SSSR count). The number of nitrogens with zero attached hydrogens (tertiary/aromatic N) is 5. The van der Waals surface area contributed by atoms with Gasteiger partial charge in [-0.1, -0.05) is 18.2 Å². The highest BCUT2D eigenvalue weighted by atomic mass is 79.9. The first-order chi connectivity index (χ1) is 16.5. The summed E-state index contributed by atoms with van der Waals surface area (Å²) in [6.45, 7) is 4.83. The quantitative estimate of drug-likeness (QED) is 0.256. The molecule has 12 heteroatoms. The maximum absolute atomic E-state index is 10.6. The van der Waals surface area contributed by atoms with Crippen LogP contribution < -0.4 is 20.4 Å². The fourth-order valence-corrected chi connectivity index (χ4v) is 4.00. The van der Waals surface area contributed by atoms with E-state index in [4.69, 9.17) is 9.47 Å². The molecule has 1 aliphatic heterocycles. The van der Waals surface area contributed by atoms with Crippen LogP contribution >= 0.6 is 31.9 Å². The number of hydrogen-bond acceptors (Lipinski definition) is 10. The van der Waals surface area contributed by atoms with Gasteiger partial charge in [-0.15, -0.1) is 0 Å². The summed E-state index contributed by atoms with van der Waals surface area (Å²) >= 11 is 6.92. The highest BCUT2D eigenvalue weighted by Gasteiger charge is 2.17. The number of hydrazone groups is 1. The summed E-state index contributed by atoms with van der Waals surface area (Å²) in [5, 5.41) is 18.0.